The van der Waals surface area contributed by atoms with Crippen LogP contribution in [-0.2, 0) is 11.0 Å². The summed E-state index contributed by atoms with van der Waals surface area (Å²) in [5.74, 6) is 0. The van der Waals surface area contributed by atoms with Crippen LogP contribution in [-0.4, -0.2) is 20.1 Å². The van der Waals surface area contributed by atoms with Gasteiger partial charge in [0.15, 0.2) is 0 Å². The first-order valence-electron chi connectivity index (χ1n) is 6.36. The van der Waals surface area contributed by atoms with Gasteiger partial charge in [0.2, 0.25) is 0 Å². The topological polar surface area (TPSA) is 42.0 Å². The van der Waals surface area contributed by atoms with E-state index < -0.39 is 34.4 Å². The van der Waals surface area contributed by atoms with Gasteiger partial charge >= 0.3 is 6.18 Å². The fourth-order valence-corrected chi connectivity index (χ4v) is 2.71. The Morgan fingerprint density at radius 3 is 2.43 bits per heavy atom. The molecule has 0 amide bonds. The van der Waals surface area contributed by atoms with Gasteiger partial charge in [-0.05, 0) is 55.3 Å². The number of rotatable bonds is 5. The summed E-state index contributed by atoms with van der Waals surface area (Å²) in [6.45, 7) is 5.27. The Kier molecular flexibility index (Phi) is 6.36. The first kappa shape index (κ1) is 18.6. The first-order chi connectivity index (χ1) is 9.49. The number of hydrogen-bond donors (Lipinski definition) is 1. The standard InChI is InChI=1S/C13H18BrF3N2OS/c1-12(2,3)21(20)19-10(7-8-13(15,16)17)9-5-4-6-11(14)18-9/h4-6,10,19H,7-8H2,1-3H3/t10-,21?/m0/s1. The lowest BCUT2D eigenvalue weighted by atomic mass is 10.1. The minimum absolute atomic E-state index is 0.214. The number of alkyl halides is 3. The molecule has 8 heteroatoms. The highest BCUT2D eigenvalue weighted by Crippen LogP contribution is 2.28. The summed E-state index contributed by atoms with van der Waals surface area (Å²) in [6, 6.07) is 4.28. The Labute approximate surface area is 133 Å². The molecule has 120 valence electrons. The van der Waals surface area contributed by atoms with Gasteiger partial charge in [0.1, 0.15) is 4.60 Å². The maximum atomic E-state index is 12.4. The van der Waals surface area contributed by atoms with Crippen molar-refractivity contribution in [3.63, 3.8) is 0 Å². The number of nitrogens with one attached hydrogen (secondary N) is 1. The lowest BCUT2D eigenvalue weighted by molar-refractivity contribution is -0.136. The van der Waals surface area contributed by atoms with Crippen LogP contribution in [0.2, 0.25) is 0 Å². The molecular formula is C13H18BrF3N2OS. The summed E-state index contributed by atoms with van der Waals surface area (Å²) in [4.78, 5) is 4.16. The van der Waals surface area contributed by atoms with Gasteiger partial charge in [-0.15, -0.1) is 0 Å². The molecule has 0 aliphatic carbocycles. The van der Waals surface area contributed by atoms with Crippen LogP contribution >= 0.6 is 15.9 Å². The van der Waals surface area contributed by atoms with Crippen molar-refractivity contribution < 1.29 is 17.4 Å². The Morgan fingerprint density at radius 1 is 1.33 bits per heavy atom. The molecule has 0 aliphatic rings. The van der Waals surface area contributed by atoms with E-state index in [0.717, 1.165) is 0 Å². The molecule has 0 aromatic carbocycles. The quantitative estimate of drug-likeness (QED) is 0.767. The second-order valence-corrected chi connectivity index (χ2v) is 8.40. The molecule has 1 heterocycles. The van der Waals surface area contributed by atoms with Gasteiger partial charge < -0.3 is 0 Å². The Morgan fingerprint density at radius 2 is 1.95 bits per heavy atom. The van der Waals surface area contributed by atoms with Crippen molar-refractivity contribution in [3.05, 3.63) is 28.5 Å². The fourth-order valence-electron chi connectivity index (χ4n) is 1.50. The molecule has 0 saturated carbocycles. The zero-order valence-corrected chi connectivity index (χ0v) is 14.4. The highest BCUT2D eigenvalue weighted by Gasteiger charge is 2.31. The molecule has 0 radical (unpaired) electrons. The number of nitrogens with zero attached hydrogens (tertiary/aromatic N) is 1. The minimum Gasteiger partial charge on any atom is -0.244 e. The van der Waals surface area contributed by atoms with Crippen molar-refractivity contribution in [1.29, 1.82) is 0 Å². The Hall–Kier alpha value is -0.470. The molecular weight excluding hydrogens is 369 g/mol. The molecule has 1 N–H and O–H groups in total. The summed E-state index contributed by atoms with van der Waals surface area (Å²) < 4.78 is 52.2. The number of hydrogen-bond acceptors (Lipinski definition) is 2. The number of halogens is 4. The molecule has 0 bridgehead atoms. The summed E-state index contributed by atoms with van der Waals surface area (Å²) >= 11 is 3.19. The molecule has 1 rings (SSSR count). The zero-order chi connectivity index (χ0) is 16.3. The molecule has 1 aromatic rings. The van der Waals surface area contributed by atoms with E-state index in [1.807, 2.05) is 0 Å². The van der Waals surface area contributed by atoms with E-state index in [1.54, 1.807) is 39.0 Å². The zero-order valence-electron chi connectivity index (χ0n) is 12.0. The van der Waals surface area contributed by atoms with E-state index >= 15 is 0 Å². The van der Waals surface area contributed by atoms with Crippen LogP contribution in [0.25, 0.3) is 0 Å². The van der Waals surface area contributed by atoms with Gasteiger partial charge in [0.05, 0.1) is 27.5 Å². The average molecular weight is 387 g/mol. The van der Waals surface area contributed by atoms with Gasteiger partial charge in [-0.25, -0.2) is 13.9 Å². The van der Waals surface area contributed by atoms with Crippen molar-refractivity contribution in [2.24, 2.45) is 0 Å². The van der Waals surface area contributed by atoms with Crippen molar-refractivity contribution in [2.45, 2.75) is 50.6 Å². The van der Waals surface area contributed by atoms with Gasteiger partial charge in [-0.1, -0.05) is 6.07 Å². The fraction of sp³-hybridized carbons (Fsp3) is 0.615. The predicted molar refractivity (Wildman–Crippen MR) is 81.0 cm³/mol. The van der Waals surface area contributed by atoms with Gasteiger partial charge in [-0.3, -0.25) is 0 Å². The average Bonchev–Trinajstić information content (AvgIpc) is 2.31. The van der Waals surface area contributed by atoms with Crippen molar-refractivity contribution >= 4 is 26.9 Å². The van der Waals surface area contributed by atoms with Crippen LogP contribution in [0.5, 0.6) is 0 Å². The van der Waals surface area contributed by atoms with Crippen LogP contribution in [0.15, 0.2) is 22.8 Å². The maximum Gasteiger partial charge on any atom is 0.389 e. The van der Waals surface area contributed by atoms with Crippen LogP contribution in [0.3, 0.4) is 0 Å². The van der Waals surface area contributed by atoms with Crippen molar-refractivity contribution in [2.75, 3.05) is 0 Å². The van der Waals surface area contributed by atoms with E-state index in [1.165, 1.54) is 0 Å². The molecule has 0 fully saturated rings. The third kappa shape index (κ3) is 6.88. The van der Waals surface area contributed by atoms with Crippen molar-refractivity contribution in [1.82, 2.24) is 9.71 Å². The van der Waals surface area contributed by atoms with E-state index in [2.05, 4.69) is 25.6 Å². The van der Waals surface area contributed by atoms with Gasteiger partial charge in [0.25, 0.3) is 0 Å². The van der Waals surface area contributed by atoms with Crippen LogP contribution < -0.4 is 4.72 Å². The SMILES string of the molecule is CC(C)(C)S(=O)N[C@@H](CCC(F)(F)F)c1cccc(Br)n1. The highest BCUT2D eigenvalue weighted by molar-refractivity contribution is 9.10. The molecule has 21 heavy (non-hydrogen) atoms. The van der Waals surface area contributed by atoms with Gasteiger partial charge in [-0.2, -0.15) is 13.2 Å². The normalized spacial score (nSPS) is 15.8. The van der Waals surface area contributed by atoms with Crippen molar-refractivity contribution in [3.8, 4) is 0 Å². The van der Waals surface area contributed by atoms with Crippen LogP contribution in [0.1, 0.15) is 45.3 Å². The molecule has 2 atom stereocenters. The predicted octanol–water partition coefficient (Wildman–Crippen LogP) is 4.28. The molecule has 3 nitrogen and oxygen atoms in total. The van der Waals surface area contributed by atoms with Crippen LogP contribution in [0, 0.1) is 0 Å². The summed E-state index contributed by atoms with van der Waals surface area (Å²) in [5, 5.41) is 0. The first-order valence-corrected chi connectivity index (χ1v) is 8.30. The highest BCUT2D eigenvalue weighted by atomic mass is 79.9. The van der Waals surface area contributed by atoms with Crippen LogP contribution in [0.4, 0.5) is 13.2 Å². The lowest BCUT2D eigenvalue weighted by Gasteiger charge is -2.24. The van der Waals surface area contributed by atoms with Gasteiger partial charge in [0, 0.05) is 6.42 Å². The number of aromatic nitrogens is 1. The monoisotopic (exact) mass is 386 g/mol. The van der Waals surface area contributed by atoms with E-state index in [-0.39, 0.29) is 6.42 Å². The Balaban J connectivity index is 2.92. The molecule has 0 saturated heterocycles. The summed E-state index contributed by atoms with van der Waals surface area (Å²) in [7, 11) is -1.48. The largest absolute Gasteiger partial charge is 0.389 e. The summed E-state index contributed by atoms with van der Waals surface area (Å²) in [5.41, 5.74) is 0.436. The Bertz CT molecular complexity index is 503. The third-order valence-corrected chi connectivity index (χ3v) is 4.67. The molecule has 0 spiro atoms. The van der Waals surface area contributed by atoms with E-state index in [0.29, 0.717) is 10.3 Å². The lowest BCUT2D eigenvalue weighted by Crippen LogP contribution is -2.36. The smallest absolute Gasteiger partial charge is 0.244 e. The third-order valence-electron chi connectivity index (χ3n) is 2.62. The molecule has 0 aliphatic heterocycles. The number of pyridine rings is 1. The van der Waals surface area contributed by atoms with E-state index in [9.17, 15) is 17.4 Å². The molecule has 1 aromatic heterocycles. The minimum atomic E-state index is -4.25. The second kappa shape index (κ2) is 7.19. The maximum absolute atomic E-state index is 12.4. The second-order valence-electron chi connectivity index (χ2n) is 5.59. The summed E-state index contributed by atoms with van der Waals surface area (Å²) in [6.07, 6.45) is -5.43. The van der Waals surface area contributed by atoms with E-state index in [4.69, 9.17) is 0 Å². The molecule has 1 unspecified atom stereocenters.